The standard InChI is InChI=1S/C22H25FN2O/c23-19-8-6-18(7-9-19)22-20-4-2-1-3-17(20)12-14-25(22)21(26)10-5-16-11-13-24-15-16/h1-4,6-9,16,22,24H,5,10-15H2/t16-,22+/m0/s1. The van der Waals surface area contributed by atoms with Crippen LogP contribution in [0, 0.1) is 11.7 Å². The molecule has 0 saturated carbocycles. The van der Waals surface area contributed by atoms with Gasteiger partial charge >= 0.3 is 0 Å². The van der Waals surface area contributed by atoms with Crippen molar-refractivity contribution in [3.8, 4) is 0 Å². The van der Waals surface area contributed by atoms with Gasteiger partial charge in [-0.2, -0.15) is 0 Å². The van der Waals surface area contributed by atoms with Crippen LogP contribution in [-0.4, -0.2) is 30.4 Å². The Morgan fingerprint density at radius 3 is 2.73 bits per heavy atom. The number of benzene rings is 2. The zero-order valence-corrected chi connectivity index (χ0v) is 15.0. The lowest BCUT2D eigenvalue weighted by molar-refractivity contribution is -0.133. The number of hydrogen-bond acceptors (Lipinski definition) is 2. The number of nitrogens with zero attached hydrogens (tertiary/aromatic N) is 1. The fourth-order valence-corrected chi connectivity index (χ4v) is 4.27. The van der Waals surface area contributed by atoms with Crippen LogP contribution in [-0.2, 0) is 11.2 Å². The zero-order valence-electron chi connectivity index (χ0n) is 15.0. The van der Waals surface area contributed by atoms with Gasteiger partial charge in [0.2, 0.25) is 5.91 Å². The molecule has 1 amide bonds. The maximum atomic E-state index is 13.4. The normalized spacial score (nSPS) is 22.3. The number of rotatable bonds is 4. The number of halogens is 1. The largest absolute Gasteiger partial charge is 0.331 e. The van der Waals surface area contributed by atoms with E-state index in [1.807, 2.05) is 29.2 Å². The second-order valence-electron chi connectivity index (χ2n) is 7.39. The van der Waals surface area contributed by atoms with Crippen LogP contribution in [0.15, 0.2) is 48.5 Å². The molecule has 1 fully saturated rings. The first-order valence-corrected chi connectivity index (χ1v) is 9.56. The quantitative estimate of drug-likeness (QED) is 0.910. The maximum absolute atomic E-state index is 13.4. The van der Waals surface area contributed by atoms with Crippen LogP contribution in [0.25, 0.3) is 0 Å². The molecule has 2 aliphatic rings. The van der Waals surface area contributed by atoms with E-state index in [1.165, 1.54) is 23.3 Å². The molecule has 0 radical (unpaired) electrons. The molecule has 0 unspecified atom stereocenters. The molecule has 2 heterocycles. The molecule has 2 aromatic rings. The van der Waals surface area contributed by atoms with Crippen molar-refractivity contribution in [2.75, 3.05) is 19.6 Å². The summed E-state index contributed by atoms with van der Waals surface area (Å²) in [7, 11) is 0. The number of carbonyl (C=O) groups excluding carboxylic acids is 1. The van der Waals surface area contributed by atoms with Crippen molar-refractivity contribution in [3.05, 3.63) is 71.0 Å². The van der Waals surface area contributed by atoms with Gasteiger partial charge in [0.15, 0.2) is 0 Å². The van der Waals surface area contributed by atoms with Crippen molar-refractivity contribution in [1.29, 1.82) is 0 Å². The van der Waals surface area contributed by atoms with Crippen LogP contribution in [0.5, 0.6) is 0 Å². The first-order valence-electron chi connectivity index (χ1n) is 9.56. The van der Waals surface area contributed by atoms with Gasteiger partial charge in [0.05, 0.1) is 6.04 Å². The minimum atomic E-state index is -0.246. The molecule has 2 atom stereocenters. The molecule has 3 nitrogen and oxygen atoms in total. The lowest BCUT2D eigenvalue weighted by atomic mass is 9.87. The second-order valence-corrected chi connectivity index (χ2v) is 7.39. The molecule has 4 heteroatoms. The van der Waals surface area contributed by atoms with Gasteiger partial charge < -0.3 is 10.2 Å². The second kappa shape index (κ2) is 7.58. The molecule has 4 rings (SSSR count). The summed E-state index contributed by atoms with van der Waals surface area (Å²) < 4.78 is 13.4. The van der Waals surface area contributed by atoms with Gasteiger partial charge in [-0.1, -0.05) is 36.4 Å². The third-order valence-electron chi connectivity index (χ3n) is 5.72. The average molecular weight is 352 g/mol. The van der Waals surface area contributed by atoms with Crippen LogP contribution in [0.4, 0.5) is 4.39 Å². The minimum Gasteiger partial charge on any atom is -0.331 e. The maximum Gasteiger partial charge on any atom is 0.223 e. The summed E-state index contributed by atoms with van der Waals surface area (Å²) in [6, 6.07) is 14.8. The molecule has 1 saturated heterocycles. The van der Waals surface area contributed by atoms with Gasteiger partial charge in [0, 0.05) is 13.0 Å². The van der Waals surface area contributed by atoms with E-state index >= 15 is 0 Å². The van der Waals surface area contributed by atoms with Crippen molar-refractivity contribution in [2.45, 2.75) is 31.7 Å². The number of hydrogen-bond donors (Lipinski definition) is 1. The topological polar surface area (TPSA) is 32.3 Å². The Labute approximate surface area is 154 Å². The molecule has 1 N–H and O–H groups in total. The van der Waals surface area contributed by atoms with Crippen LogP contribution in [0.3, 0.4) is 0 Å². The van der Waals surface area contributed by atoms with Gasteiger partial charge in [0.25, 0.3) is 0 Å². The van der Waals surface area contributed by atoms with Crippen LogP contribution in [0.2, 0.25) is 0 Å². The summed E-state index contributed by atoms with van der Waals surface area (Å²) in [4.78, 5) is 15.0. The Hall–Kier alpha value is -2.20. The van der Waals surface area contributed by atoms with Crippen molar-refractivity contribution < 1.29 is 9.18 Å². The van der Waals surface area contributed by atoms with E-state index in [0.29, 0.717) is 12.3 Å². The summed E-state index contributed by atoms with van der Waals surface area (Å²) in [5.41, 5.74) is 3.43. The van der Waals surface area contributed by atoms with Gasteiger partial charge in [-0.15, -0.1) is 0 Å². The van der Waals surface area contributed by atoms with Gasteiger partial charge in [-0.25, -0.2) is 4.39 Å². The van der Waals surface area contributed by atoms with E-state index < -0.39 is 0 Å². The monoisotopic (exact) mass is 352 g/mol. The highest BCUT2D eigenvalue weighted by atomic mass is 19.1. The van der Waals surface area contributed by atoms with E-state index in [0.717, 1.165) is 44.5 Å². The molecule has 0 spiro atoms. The molecular weight excluding hydrogens is 327 g/mol. The molecule has 136 valence electrons. The Bertz CT molecular complexity index is 768. The predicted molar refractivity (Wildman–Crippen MR) is 100 cm³/mol. The van der Waals surface area contributed by atoms with Crippen LogP contribution in [0.1, 0.15) is 42.0 Å². The third kappa shape index (κ3) is 3.51. The Balaban J connectivity index is 1.59. The molecule has 26 heavy (non-hydrogen) atoms. The fourth-order valence-electron chi connectivity index (χ4n) is 4.27. The Kier molecular flexibility index (Phi) is 5.02. The molecule has 0 aromatic heterocycles. The van der Waals surface area contributed by atoms with Crippen molar-refractivity contribution in [2.24, 2.45) is 5.92 Å². The fraction of sp³-hybridized carbons (Fsp3) is 0.409. The highest BCUT2D eigenvalue weighted by molar-refractivity contribution is 5.78. The van der Waals surface area contributed by atoms with E-state index in [2.05, 4.69) is 17.4 Å². The number of carbonyl (C=O) groups is 1. The third-order valence-corrected chi connectivity index (χ3v) is 5.72. The van der Waals surface area contributed by atoms with Crippen LogP contribution >= 0.6 is 0 Å². The lowest BCUT2D eigenvalue weighted by Crippen LogP contribution is -2.40. The van der Waals surface area contributed by atoms with Gasteiger partial charge in [0.1, 0.15) is 5.82 Å². The highest BCUT2D eigenvalue weighted by Crippen LogP contribution is 2.36. The summed E-state index contributed by atoms with van der Waals surface area (Å²) >= 11 is 0. The number of amides is 1. The van der Waals surface area contributed by atoms with Crippen molar-refractivity contribution >= 4 is 5.91 Å². The van der Waals surface area contributed by atoms with Crippen molar-refractivity contribution in [1.82, 2.24) is 10.2 Å². The predicted octanol–water partition coefficient (Wildman–Crippen LogP) is 3.69. The Morgan fingerprint density at radius 1 is 1.15 bits per heavy atom. The van der Waals surface area contributed by atoms with E-state index in [9.17, 15) is 9.18 Å². The summed E-state index contributed by atoms with van der Waals surface area (Å²) in [6.07, 6.45) is 3.58. The van der Waals surface area contributed by atoms with E-state index in [4.69, 9.17) is 0 Å². The highest BCUT2D eigenvalue weighted by Gasteiger charge is 2.32. The number of nitrogens with one attached hydrogen (secondary N) is 1. The zero-order chi connectivity index (χ0) is 17.9. The SMILES string of the molecule is O=C(CC[C@H]1CCNC1)N1CCc2ccccc2[C@H]1c1ccc(F)cc1. The minimum absolute atomic E-state index is 0.116. The Morgan fingerprint density at radius 2 is 1.96 bits per heavy atom. The summed E-state index contributed by atoms with van der Waals surface area (Å²) in [6.45, 7) is 2.81. The first kappa shape index (κ1) is 17.2. The molecule has 0 aliphatic carbocycles. The molecular formula is C22H25FN2O. The van der Waals surface area contributed by atoms with Crippen molar-refractivity contribution in [3.63, 3.8) is 0 Å². The first-order chi connectivity index (χ1) is 12.7. The number of fused-ring (bicyclic) bond motifs is 1. The van der Waals surface area contributed by atoms with E-state index in [-0.39, 0.29) is 17.8 Å². The van der Waals surface area contributed by atoms with Crippen LogP contribution < -0.4 is 5.32 Å². The molecule has 0 bridgehead atoms. The average Bonchev–Trinajstić information content (AvgIpc) is 3.19. The van der Waals surface area contributed by atoms with Gasteiger partial charge in [-0.05, 0) is 67.1 Å². The molecule has 2 aliphatic heterocycles. The summed E-state index contributed by atoms with van der Waals surface area (Å²) in [5.74, 6) is 0.575. The van der Waals surface area contributed by atoms with E-state index in [1.54, 1.807) is 0 Å². The van der Waals surface area contributed by atoms with Gasteiger partial charge in [-0.3, -0.25) is 4.79 Å². The smallest absolute Gasteiger partial charge is 0.223 e. The molecule has 2 aromatic carbocycles. The summed E-state index contributed by atoms with van der Waals surface area (Å²) in [5, 5.41) is 3.37. The lowest BCUT2D eigenvalue weighted by Gasteiger charge is -2.38.